The van der Waals surface area contributed by atoms with E-state index in [1.54, 1.807) is 0 Å². The molecule has 1 aliphatic carbocycles. The minimum Gasteiger partial charge on any atom is -0.398 e. The molecule has 0 aromatic rings. The summed E-state index contributed by atoms with van der Waals surface area (Å²) in [5.41, 5.74) is -0.462. The third-order valence-electron chi connectivity index (χ3n) is 5.52. The topological polar surface area (TPSA) is 47.6 Å². The molecule has 2 heterocycles. The van der Waals surface area contributed by atoms with Crippen molar-refractivity contribution in [3.63, 3.8) is 0 Å². The Morgan fingerprint density at radius 3 is 2.24 bits per heavy atom. The maximum atomic E-state index is 14.6. The molecule has 4 nitrogen and oxygen atoms in total. The smallest absolute Gasteiger partial charge is 0.398 e. The van der Waals surface area contributed by atoms with Gasteiger partial charge in [-0.15, -0.1) is 0 Å². The zero-order chi connectivity index (χ0) is 15.5. The van der Waals surface area contributed by atoms with Crippen LogP contribution in [0.2, 0.25) is 0 Å². The van der Waals surface area contributed by atoms with Gasteiger partial charge in [0, 0.05) is 13.0 Å². The van der Waals surface area contributed by atoms with Crippen LogP contribution in [0.25, 0.3) is 0 Å². The minimum atomic E-state index is -0.888. The highest BCUT2D eigenvalue weighted by molar-refractivity contribution is 6.53. The number of hydrogen-bond acceptors (Lipinski definition) is 3. The molecule has 0 bridgehead atoms. The highest BCUT2D eigenvalue weighted by Gasteiger charge is 2.55. The van der Waals surface area contributed by atoms with Crippen LogP contribution in [0.5, 0.6) is 0 Å². The van der Waals surface area contributed by atoms with Crippen molar-refractivity contribution >= 4 is 13.0 Å². The van der Waals surface area contributed by atoms with E-state index in [2.05, 4.69) is 5.32 Å². The lowest BCUT2D eigenvalue weighted by Gasteiger charge is -2.46. The van der Waals surface area contributed by atoms with Crippen molar-refractivity contribution in [2.24, 2.45) is 5.41 Å². The molecular formula is C15H23BFNO3. The molecule has 2 aliphatic heterocycles. The molecule has 2 saturated heterocycles. The van der Waals surface area contributed by atoms with Gasteiger partial charge in [-0.05, 0) is 57.9 Å². The third kappa shape index (κ3) is 2.42. The van der Waals surface area contributed by atoms with E-state index in [0.29, 0.717) is 25.8 Å². The summed E-state index contributed by atoms with van der Waals surface area (Å²) < 4.78 is 26.1. The summed E-state index contributed by atoms with van der Waals surface area (Å²) in [7, 11) is -0.888. The molecule has 1 spiro atoms. The largest absolute Gasteiger partial charge is 0.525 e. The van der Waals surface area contributed by atoms with Gasteiger partial charge in [-0.1, -0.05) is 0 Å². The van der Waals surface area contributed by atoms with Gasteiger partial charge in [0.1, 0.15) is 5.73 Å². The van der Waals surface area contributed by atoms with Crippen LogP contribution in [-0.2, 0) is 14.1 Å². The second kappa shape index (κ2) is 4.56. The third-order valence-corrected chi connectivity index (χ3v) is 5.52. The molecule has 3 aliphatic rings. The number of rotatable bonds is 1. The minimum absolute atomic E-state index is 0.0597. The van der Waals surface area contributed by atoms with Gasteiger partial charge < -0.3 is 14.6 Å². The van der Waals surface area contributed by atoms with E-state index in [0.717, 1.165) is 12.0 Å². The Bertz CT molecular complexity index is 479. The first kappa shape index (κ1) is 15.0. The first-order valence-electron chi connectivity index (χ1n) is 7.64. The zero-order valence-corrected chi connectivity index (χ0v) is 13.2. The van der Waals surface area contributed by atoms with Crippen molar-refractivity contribution in [2.45, 2.75) is 64.6 Å². The Morgan fingerprint density at radius 1 is 1.19 bits per heavy atom. The maximum Gasteiger partial charge on any atom is 0.525 e. The number of halogens is 1. The quantitative estimate of drug-likeness (QED) is 0.756. The highest BCUT2D eigenvalue weighted by atomic mass is 19.1. The summed E-state index contributed by atoms with van der Waals surface area (Å²) in [4.78, 5) is 11.2. The van der Waals surface area contributed by atoms with Crippen molar-refractivity contribution in [3.8, 4) is 0 Å². The SMILES string of the molecule is CC1(C)OB(C(F)=C2CC3(CCC(=O)NC3)C2)OC1(C)C. The first-order chi connectivity index (χ1) is 9.64. The average molecular weight is 295 g/mol. The van der Waals surface area contributed by atoms with Gasteiger partial charge in [-0.2, -0.15) is 0 Å². The maximum absolute atomic E-state index is 14.6. The van der Waals surface area contributed by atoms with Crippen LogP contribution in [0.3, 0.4) is 0 Å². The molecule has 1 N–H and O–H groups in total. The van der Waals surface area contributed by atoms with E-state index in [1.807, 2.05) is 27.7 Å². The fourth-order valence-electron chi connectivity index (χ4n) is 3.28. The molecule has 0 radical (unpaired) electrons. The molecule has 1 amide bonds. The molecule has 3 fully saturated rings. The Hall–Kier alpha value is -0.875. The van der Waals surface area contributed by atoms with Crippen LogP contribution in [-0.4, -0.2) is 30.8 Å². The second-order valence-electron chi connectivity index (χ2n) is 7.67. The fourth-order valence-corrected chi connectivity index (χ4v) is 3.28. The van der Waals surface area contributed by atoms with Crippen LogP contribution < -0.4 is 5.32 Å². The summed E-state index contributed by atoms with van der Waals surface area (Å²) in [6.45, 7) is 8.34. The predicted octanol–water partition coefficient (Wildman–Crippen LogP) is 2.53. The summed E-state index contributed by atoms with van der Waals surface area (Å²) in [6.07, 6.45) is 2.79. The van der Waals surface area contributed by atoms with Crippen molar-refractivity contribution in [1.29, 1.82) is 0 Å². The number of hydrogen-bond donors (Lipinski definition) is 1. The Morgan fingerprint density at radius 2 is 1.76 bits per heavy atom. The van der Waals surface area contributed by atoms with E-state index >= 15 is 0 Å². The summed E-state index contributed by atoms with van der Waals surface area (Å²) in [6, 6.07) is 0. The fraction of sp³-hybridized carbons (Fsp3) is 0.800. The molecule has 3 rings (SSSR count). The molecule has 0 atom stereocenters. The van der Waals surface area contributed by atoms with Crippen molar-refractivity contribution in [3.05, 3.63) is 11.3 Å². The Kier molecular flexibility index (Phi) is 3.26. The average Bonchev–Trinajstić information content (AvgIpc) is 2.56. The second-order valence-corrected chi connectivity index (χ2v) is 7.67. The van der Waals surface area contributed by atoms with Gasteiger partial charge in [0.15, 0.2) is 0 Å². The van der Waals surface area contributed by atoms with E-state index in [9.17, 15) is 9.18 Å². The van der Waals surface area contributed by atoms with Crippen LogP contribution in [0, 0.1) is 5.41 Å². The van der Waals surface area contributed by atoms with E-state index in [4.69, 9.17) is 9.31 Å². The molecule has 21 heavy (non-hydrogen) atoms. The number of allylic oxidation sites excluding steroid dienone is 1. The van der Waals surface area contributed by atoms with Gasteiger partial charge >= 0.3 is 7.12 Å². The van der Waals surface area contributed by atoms with Crippen molar-refractivity contribution in [1.82, 2.24) is 5.32 Å². The Balaban J connectivity index is 1.68. The van der Waals surface area contributed by atoms with E-state index in [1.165, 1.54) is 0 Å². The molecule has 0 aromatic heterocycles. The molecule has 6 heteroatoms. The number of carbonyl (C=O) groups excluding carboxylic acids is 1. The number of carbonyl (C=O) groups is 1. The van der Waals surface area contributed by atoms with Gasteiger partial charge in [-0.3, -0.25) is 4.79 Å². The highest BCUT2D eigenvalue weighted by Crippen LogP contribution is 2.52. The van der Waals surface area contributed by atoms with Crippen molar-refractivity contribution < 1.29 is 18.5 Å². The van der Waals surface area contributed by atoms with E-state index < -0.39 is 18.3 Å². The zero-order valence-electron chi connectivity index (χ0n) is 13.2. The van der Waals surface area contributed by atoms with Gasteiger partial charge in [0.25, 0.3) is 0 Å². The summed E-state index contributed by atoms with van der Waals surface area (Å²) >= 11 is 0. The number of piperidine rings is 1. The first-order valence-corrected chi connectivity index (χ1v) is 7.64. The summed E-state index contributed by atoms with van der Waals surface area (Å²) in [5.74, 6) is 0.101. The molecule has 116 valence electrons. The van der Waals surface area contributed by atoms with Crippen LogP contribution in [0.4, 0.5) is 4.39 Å². The van der Waals surface area contributed by atoms with Crippen LogP contribution in [0.15, 0.2) is 11.3 Å². The number of nitrogens with one attached hydrogen (secondary N) is 1. The molecule has 0 unspecified atom stereocenters. The van der Waals surface area contributed by atoms with Gasteiger partial charge in [-0.25, -0.2) is 4.39 Å². The molecule has 0 aromatic carbocycles. The van der Waals surface area contributed by atoms with E-state index in [-0.39, 0.29) is 17.0 Å². The molecule has 1 saturated carbocycles. The van der Waals surface area contributed by atoms with Gasteiger partial charge in [0.2, 0.25) is 5.91 Å². The lowest BCUT2D eigenvalue weighted by Crippen LogP contribution is -2.48. The number of amides is 1. The van der Waals surface area contributed by atoms with Gasteiger partial charge in [0.05, 0.1) is 11.2 Å². The normalized spacial score (nSPS) is 33.9. The monoisotopic (exact) mass is 295 g/mol. The lowest BCUT2D eigenvalue weighted by molar-refractivity contribution is -0.125. The van der Waals surface area contributed by atoms with Crippen molar-refractivity contribution in [2.75, 3.05) is 6.54 Å². The summed E-state index contributed by atoms with van der Waals surface area (Å²) in [5, 5.41) is 2.88. The lowest BCUT2D eigenvalue weighted by atomic mass is 9.59. The van der Waals surface area contributed by atoms with Crippen LogP contribution >= 0.6 is 0 Å². The predicted molar refractivity (Wildman–Crippen MR) is 78.1 cm³/mol. The van der Waals surface area contributed by atoms with Crippen LogP contribution in [0.1, 0.15) is 53.4 Å². The standard InChI is InChI=1S/C15H23BFNO3/c1-13(2)14(3,4)21-16(20-13)12(17)10-7-15(8-10)6-5-11(19)18-9-15/h5-9H2,1-4H3,(H,18,19). The molecular weight excluding hydrogens is 272 g/mol. The Labute approximate surface area is 125 Å².